The van der Waals surface area contributed by atoms with Crippen LogP contribution in [0.3, 0.4) is 0 Å². The van der Waals surface area contributed by atoms with Gasteiger partial charge in [-0.05, 0) is 44.5 Å². The minimum Gasteiger partial charge on any atom is -0.394 e. The largest absolute Gasteiger partial charge is 0.394 e. The molecule has 0 aliphatic carbocycles. The van der Waals surface area contributed by atoms with E-state index in [-0.39, 0.29) is 12.3 Å². The Morgan fingerprint density at radius 3 is 2.41 bits per heavy atom. The number of aryl methyl sites for hydroxylation is 3. The molecule has 0 unspecified atom stereocenters. The Balaban J connectivity index is 1.96. The fraction of sp³-hybridized carbons (Fsp3) is 0.304. The Labute approximate surface area is 169 Å². The molecule has 6 heteroatoms. The second kappa shape index (κ2) is 7.72. The lowest BCUT2D eigenvalue weighted by Gasteiger charge is -2.11. The van der Waals surface area contributed by atoms with E-state index in [1.165, 1.54) is 5.56 Å². The summed E-state index contributed by atoms with van der Waals surface area (Å²) < 4.78 is 5.46. The van der Waals surface area contributed by atoms with Gasteiger partial charge in [-0.3, -0.25) is 13.8 Å². The van der Waals surface area contributed by atoms with Crippen molar-refractivity contribution in [3.8, 4) is 22.4 Å². The summed E-state index contributed by atoms with van der Waals surface area (Å²) >= 11 is 0. The smallest absolute Gasteiger partial charge is 0.329 e. The third-order valence-corrected chi connectivity index (χ3v) is 5.41. The quantitative estimate of drug-likeness (QED) is 0.546. The van der Waals surface area contributed by atoms with Gasteiger partial charge in [-0.1, -0.05) is 29.8 Å². The molecule has 29 heavy (non-hydrogen) atoms. The zero-order chi connectivity index (χ0) is 20.5. The molecule has 6 nitrogen and oxygen atoms in total. The predicted octanol–water partition coefficient (Wildman–Crippen LogP) is 3.67. The van der Waals surface area contributed by atoms with E-state index >= 15 is 0 Å². The Bertz CT molecular complexity index is 1230. The second-order valence-corrected chi connectivity index (χ2v) is 7.20. The van der Waals surface area contributed by atoms with Crippen molar-refractivity contribution in [2.75, 3.05) is 6.61 Å². The van der Waals surface area contributed by atoms with Crippen molar-refractivity contribution in [2.45, 2.75) is 40.4 Å². The van der Waals surface area contributed by atoms with Crippen LogP contribution < -0.4 is 5.69 Å². The molecule has 0 aliphatic heterocycles. The van der Waals surface area contributed by atoms with Crippen molar-refractivity contribution >= 4 is 11.0 Å². The van der Waals surface area contributed by atoms with Crippen LogP contribution in [0.4, 0.5) is 0 Å². The van der Waals surface area contributed by atoms with Gasteiger partial charge >= 0.3 is 5.69 Å². The highest BCUT2D eigenvalue weighted by Gasteiger charge is 2.17. The average Bonchev–Trinajstić information content (AvgIpc) is 3.25. The molecule has 0 fully saturated rings. The van der Waals surface area contributed by atoms with E-state index in [9.17, 15) is 9.90 Å². The van der Waals surface area contributed by atoms with Gasteiger partial charge in [0, 0.05) is 24.2 Å². The van der Waals surface area contributed by atoms with Crippen LogP contribution in [0.1, 0.15) is 19.4 Å². The number of hydrogen-bond donors (Lipinski definition) is 1. The molecule has 0 bridgehead atoms. The molecule has 0 aliphatic rings. The Morgan fingerprint density at radius 2 is 1.72 bits per heavy atom. The highest BCUT2D eigenvalue weighted by atomic mass is 16.3. The van der Waals surface area contributed by atoms with Crippen LogP contribution in [0.15, 0.2) is 53.5 Å². The molecule has 2 heterocycles. The minimum absolute atomic E-state index is 0.0215. The maximum atomic E-state index is 12.7. The van der Waals surface area contributed by atoms with Crippen molar-refractivity contribution in [2.24, 2.45) is 0 Å². The molecule has 2 aromatic heterocycles. The molecule has 4 rings (SSSR count). The van der Waals surface area contributed by atoms with E-state index in [0.717, 1.165) is 33.4 Å². The number of rotatable bonds is 6. The third kappa shape index (κ3) is 3.19. The molecule has 4 aromatic rings. The number of hydrogen-bond acceptors (Lipinski definition) is 3. The number of fused-ring (bicyclic) bond motifs is 1. The van der Waals surface area contributed by atoms with Crippen molar-refractivity contribution in [1.82, 2.24) is 18.9 Å². The number of aliphatic hydroxyl groups is 1. The predicted molar refractivity (Wildman–Crippen MR) is 116 cm³/mol. The van der Waals surface area contributed by atoms with Gasteiger partial charge in [-0.2, -0.15) is 5.10 Å². The lowest BCUT2D eigenvalue weighted by molar-refractivity contribution is 0.270. The van der Waals surface area contributed by atoms with Crippen LogP contribution in [0.2, 0.25) is 0 Å². The normalized spacial score (nSPS) is 11.4. The first-order chi connectivity index (χ1) is 14.1. The van der Waals surface area contributed by atoms with Crippen molar-refractivity contribution < 1.29 is 5.11 Å². The molecule has 1 N–H and O–H groups in total. The summed E-state index contributed by atoms with van der Waals surface area (Å²) in [4.78, 5) is 12.7. The molecule has 0 saturated carbocycles. The second-order valence-electron chi connectivity index (χ2n) is 7.20. The summed E-state index contributed by atoms with van der Waals surface area (Å²) in [6, 6.07) is 14.4. The molecule has 0 spiro atoms. The van der Waals surface area contributed by atoms with Gasteiger partial charge in [0.1, 0.15) is 0 Å². The van der Waals surface area contributed by atoms with E-state index in [4.69, 9.17) is 0 Å². The van der Waals surface area contributed by atoms with E-state index in [1.54, 1.807) is 4.57 Å². The lowest BCUT2D eigenvalue weighted by atomic mass is 10.00. The van der Waals surface area contributed by atoms with Crippen LogP contribution in [0.5, 0.6) is 0 Å². The third-order valence-electron chi connectivity index (χ3n) is 5.41. The summed E-state index contributed by atoms with van der Waals surface area (Å²) in [5.74, 6) is 0. The Morgan fingerprint density at radius 1 is 0.966 bits per heavy atom. The van der Waals surface area contributed by atoms with Gasteiger partial charge in [0.05, 0.1) is 36.1 Å². The van der Waals surface area contributed by atoms with E-state index in [1.807, 2.05) is 47.5 Å². The van der Waals surface area contributed by atoms with E-state index < -0.39 is 0 Å². The first-order valence-electron chi connectivity index (χ1n) is 10.1. The molecular weight excluding hydrogens is 364 g/mol. The molecule has 0 amide bonds. The zero-order valence-electron chi connectivity index (χ0n) is 17.1. The van der Waals surface area contributed by atoms with Crippen molar-refractivity contribution in [3.05, 3.63) is 64.7 Å². The zero-order valence-corrected chi connectivity index (χ0v) is 17.1. The fourth-order valence-corrected chi connectivity index (χ4v) is 4.06. The van der Waals surface area contributed by atoms with Crippen molar-refractivity contribution in [1.29, 1.82) is 0 Å². The van der Waals surface area contributed by atoms with Gasteiger partial charge in [-0.25, -0.2) is 4.79 Å². The van der Waals surface area contributed by atoms with Gasteiger partial charge < -0.3 is 5.11 Å². The minimum atomic E-state index is 0.0215. The SMILES string of the molecule is CCn1c(=O)n(CC)c2cc(-c3cnn(CCO)c3-c3cccc(C)c3)ccc21. The maximum absolute atomic E-state index is 12.7. The van der Waals surface area contributed by atoms with E-state index in [2.05, 4.69) is 36.3 Å². The highest BCUT2D eigenvalue weighted by Crippen LogP contribution is 2.34. The van der Waals surface area contributed by atoms with Crippen LogP contribution >= 0.6 is 0 Å². The standard InChI is InChI=1S/C23H26N4O2/c1-4-25-20-10-9-17(14-21(20)26(5-2)23(25)29)19-15-24-27(11-12-28)22(19)18-8-6-7-16(3)13-18/h6-10,13-15,28H,4-5,11-12H2,1-3H3. The number of aromatic nitrogens is 4. The molecule has 150 valence electrons. The molecular formula is C23H26N4O2. The Kier molecular flexibility index (Phi) is 5.11. The van der Waals surface area contributed by atoms with Gasteiger partial charge in [-0.15, -0.1) is 0 Å². The summed E-state index contributed by atoms with van der Waals surface area (Å²) in [5.41, 5.74) is 7.11. The van der Waals surface area contributed by atoms with E-state index in [0.29, 0.717) is 19.6 Å². The number of imidazole rings is 1. The summed E-state index contributed by atoms with van der Waals surface area (Å²) in [6.45, 7) is 7.76. The van der Waals surface area contributed by atoms with Gasteiger partial charge in [0.2, 0.25) is 0 Å². The average molecular weight is 390 g/mol. The van der Waals surface area contributed by atoms with Crippen molar-refractivity contribution in [3.63, 3.8) is 0 Å². The summed E-state index contributed by atoms with van der Waals surface area (Å²) in [6.07, 6.45) is 1.85. The number of aliphatic hydroxyl groups excluding tert-OH is 1. The topological polar surface area (TPSA) is 65.0 Å². The molecule has 2 aromatic carbocycles. The van der Waals surface area contributed by atoms with Crippen LogP contribution in [-0.4, -0.2) is 30.6 Å². The number of benzene rings is 2. The lowest BCUT2D eigenvalue weighted by Crippen LogP contribution is -2.22. The first kappa shape index (κ1) is 19.2. The number of nitrogens with zero attached hydrogens (tertiary/aromatic N) is 4. The first-order valence-corrected chi connectivity index (χ1v) is 10.1. The summed E-state index contributed by atoms with van der Waals surface area (Å²) in [7, 11) is 0. The maximum Gasteiger partial charge on any atom is 0.329 e. The summed E-state index contributed by atoms with van der Waals surface area (Å²) in [5, 5.41) is 14.0. The monoisotopic (exact) mass is 390 g/mol. The van der Waals surface area contributed by atoms with Crippen LogP contribution in [0.25, 0.3) is 33.4 Å². The molecule has 0 atom stereocenters. The highest BCUT2D eigenvalue weighted by molar-refractivity contribution is 5.87. The molecule has 0 saturated heterocycles. The van der Waals surface area contributed by atoms with Gasteiger partial charge in [0.25, 0.3) is 0 Å². The Hall–Kier alpha value is -3.12. The van der Waals surface area contributed by atoms with Crippen LogP contribution in [-0.2, 0) is 19.6 Å². The van der Waals surface area contributed by atoms with Gasteiger partial charge in [0.15, 0.2) is 0 Å². The fourth-order valence-electron chi connectivity index (χ4n) is 4.06. The van der Waals surface area contributed by atoms with Crippen LogP contribution in [0, 0.1) is 6.92 Å². The molecule has 0 radical (unpaired) electrons.